The predicted octanol–water partition coefficient (Wildman–Crippen LogP) is -0.590. The Balaban J connectivity index is 0.00000684. The van der Waals surface area contributed by atoms with Crippen molar-refractivity contribution >= 4 is 77.4 Å². The lowest BCUT2D eigenvalue weighted by molar-refractivity contribution is -0.140. The Morgan fingerprint density at radius 2 is 1.71 bits per heavy atom. The molecule has 0 aromatic heterocycles. The topological polar surface area (TPSA) is 366 Å². The molecule has 1 aliphatic rings. The van der Waals surface area contributed by atoms with Crippen LogP contribution in [0.4, 0.5) is 15.3 Å². The molecule has 1 aliphatic heterocycles. The molecular formula is C39H63N11O14S. The van der Waals surface area contributed by atoms with E-state index in [1.165, 1.54) is 31.9 Å². The summed E-state index contributed by atoms with van der Waals surface area (Å²) in [5.74, 6) is 1.90. The molecule has 26 heteroatoms. The van der Waals surface area contributed by atoms with Gasteiger partial charge in [-0.1, -0.05) is 26.3 Å². The van der Waals surface area contributed by atoms with Gasteiger partial charge in [0.15, 0.2) is 0 Å². The van der Waals surface area contributed by atoms with Gasteiger partial charge >= 0.3 is 18.1 Å². The monoisotopic (exact) mass is 941 g/mol. The number of urea groups is 1. The number of nitrogens with one attached hydrogen (secondary N) is 6. The molecule has 1 saturated heterocycles. The van der Waals surface area contributed by atoms with Gasteiger partial charge in [-0.25, -0.2) is 14.3 Å². The number of aliphatic carboxylic acids is 1. The maximum atomic E-state index is 13.4. The standard InChI is InChI=1S/C36H55N11O14S.C3H8/c1-58-13-10-42-62-46-36(57)61-22-26(16-33(53)54)40-17-27(45-38)21-60-20-24-15-25(5-4-23(24)19-48)43-34(55)28(3-2-9-39-35(37)56)44-30(50)18-41-29(49)8-12-59-14-11-47-31(51)6-7-32(47)52;1-3-2/h4-5,15,17,26,28,42,48H,2-3,6-14,16,18-22,38H2,1H3,(H,41,49)(H,43,55)(H,44,50)(H,46,57)(H,53,54)(H3,37,39,56);3H2,1-2H3/b40-17?,45-27+;. The molecule has 0 bridgehead atoms. The maximum absolute atomic E-state index is 13.4. The molecule has 0 saturated carbocycles. The van der Waals surface area contributed by atoms with E-state index in [2.05, 4.69) is 54.7 Å². The van der Waals surface area contributed by atoms with Gasteiger partial charge in [0.2, 0.25) is 29.5 Å². The number of carbonyl (C=O) groups excluding carboxylic acids is 7. The molecule has 12 N–H and O–H groups in total. The highest BCUT2D eigenvalue weighted by Crippen LogP contribution is 2.18. The van der Waals surface area contributed by atoms with Crippen molar-refractivity contribution < 1.29 is 67.5 Å². The number of primary amides is 1. The van der Waals surface area contributed by atoms with Crippen LogP contribution in [0.2, 0.25) is 0 Å². The van der Waals surface area contributed by atoms with Crippen LogP contribution in [0.15, 0.2) is 28.3 Å². The molecule has 364 valence electrons. The number of hydrazone groups is 1. The molecule has 2 unspecified atom stereocenters. The third-order valence-electron chi connectivity index (χ3n) is 8.34. The lowest BCUT2D eigenvalue weighted by Gasteiger charge is -2.19. The summed E-state index contributed by atoms with van der Waals surface area (Å²) in [4.78, 5) is 102. The minimum Gasteiger partial charge on any atom is -0.481 e. The van der Waals surface area contributed by atoms with E-state index in [0.29, 0.717) is 24.3 Å². The average molecular weight is 942 g/mol. The Kier molecular flexibility index (Phi) is 30.3. The second kappa shape index (κ2) is 34.5. The number of aliphatic hydroxyl groups is 1. The van der Waals surface area contributed by atoms with Crippen LogP contribution >= 0.6 is 12.1 Å². The molecule has 2 atom stereocenters. The zero-order valence-corrected chi connectivity index (χ0v) is 37.7. The van der Waals surface area contributed by atoms with E-state index >= 15 is 0 Å². The third kappa shape index (κ3) is 26.5. The number of anilines is 1. The number of nitrogens with zero attached hydrogens (tertiary/aromatic N) is 3. The van der Waals surface area contributed by atoms with Crippen molar-refractivity contribution in [3.8, 4) is 0 Å². The zero-order chi connectivity index (χ0) is 48.4. The predicted molar refractivity (Wildman–Crippen MR) is 238 cm³/mol. The fourth-order valence-corrected chi connectivity index (χ4v) is 5.61. The van der Waals surface area contributed by atoms with E-state index in [9.17, 15) is 48.6 Å². The largest absolute Gasteiger partial charge is 0.481 e. The number of likely N-dealkylation sites (tertiary alicyclic amines) is 1. The van der Waals surface area contributed by atoms with E-state index in [0.717, 1.165) is 17.0 Å². The molecule has 1 aromatic carbocycles. The lowest BCUT2D eigenvalue weighted by atomic mass is 10.1. The van der Waals surface area contributed by atoms with Crippen LogP contribution in [0.3, 0.4) is 0 Å². The van der Waals surface area contributed by atoms with Gasteiger partial charge in [0, 0.05) is 63.5 Å². The number of carboxylic acids is 1. The van der Waals surface area contributed by atoms with E-state index < -0.39 is 60.9 Å². The molecule has 25 nitrogen and oxygen atoms in total. The SMILES string of the molecule is CCC.COCCNSNC(=O)OCC(CC(=O)O)N=C/C(COCc1cc(NC(=O)C(CCCNC(N)=O)NC(=O)CNC(=O)CCOCCN2C(=O)CCC2=O)ccc1CO)=N\N. The van der Waals surface area contributed by atoms with E-state index in [4.69, 9.17) is 30.5 Å². The molecule has 0 aliphatic carbocycles. The molecule has 65 heavy (non-hydrogen) atoms. The fourth-order valence-electron chi connectivity index (χ4n) is 5.21. The van der Waals surface area contributed by atoms with Crippen LogP contribution < -0.4 is 42.3 Å². The summed E-state index contributed by atoms with van der Waals surface area (Å²) in [6.07, 6.45) is 1.64. The second-order valence-electron chi connectivity index (χ2n) is 13.8. The summed E-state index contributed by atoms with van der Waals surface area (Å²) in [5, 5.41) is 32.9. The molecule has 1 aromatic rings. The third-order valence-corrected chi connectivity index (χ3v) is 8.96. The van der Waals surface area contributed by atoms with Crippen molar-refractivity contribution in [1.82, 2.24) is 30.3 Å². The van der Waals surface area contributed by atoms with Gasteiger partial charge in [0.25, 0.3) is 0 Å². The minimum atomic E-state index is -1.19. The number of imide groups is 1. The van der Waals surface area contributed by atoms with Gasteiger partial charge in [-0.2, -0.15) is 5.10 Å². The van der Waals surface area contributed by atoms with Gasteiger partial charge < -0.3 is 62.0 Å². The van der Waals surface area contributed by atoms with Crippen LogP contribution in [0, 0.1) is 0 Å². The van der Waals surface area contributed by atoms with Crippen molar-refractivity contribution in [2.45, 2.75) is 84.1 Å². The van der Waals surface area contributed by atoms with E-state index in [1.807, 2.05) is 0 Å². The van der Waals surface area contributed by atoms with Crippen LogP contribution in [-0.2, 0) is 60.9 Å². The van der Waals surface area contributed by atoms with Crippen molar-refractivity contribution in [3.05, 3.63) is 29.3 Å². The van der Waals surface area contributed by atoms with Crippen LogP contribution in [0.25, 0.3) is 0 Å². The zero-order valence-electron chi connectivity index (χ0n) is 36.9. The number of methoxy groups -OCH3 is 1. The molecule has 1 heterocycles. The van der Waals surface area contributed by atoms with Crippen molar-refractivity contribution in [1.29, 1.82) is 0 Å². The Morgan fingerprint density at radius 3 is 2.35 bits per heavy atom. The summed E-state index contributed by atoms with van der Waals surface area (Å²) < 4.78 is 26.2. The Hall–Kier alpha value is -5.93. The highest BCUT2D eigenvalue weighted by Gasteiger charge is 2.28. The molecule has 8 amide bonds. The number of rotatable bonds is 31. The van der Waals surface area contributed by atoms with Gasteiger partial charge in [-0.15, -0.1) is 0 Å². The Labute approximate surface area is 381 Å². The summed E-state index contributed by atoms with van der Waals surface area (Å²) in [5.41, 5.74) is 6.39. The summed E-state index contributed by atoms with van der Waals surface area (Å²) in [6.45, 7) is 3.77. The average Bonchev–Trinajstić information content (AvgIpc) is 3.59. The summed E-state index contributed by atoms with van der Waals surface area (Å²) in [7, 11) is 1.52. The smallest absolute Gasteiger partial charge is 0.418 e. The van der Waals surface area contributed by atoms with Crippen molar-refractivity contribution in [3.63, 3.8) is 0 Å². The van der Waals surface area contributed by atoms with Gasteiger partial charge in [0.05, 0.1) is 65.2 Å². The summed E-state index contributed by atoms with van der Waals surface area (Å²) in [6, 6.07) is 1.71. The number of aliphatic hydroxyl groups excluding tert-OH is 1. The highest BCUT2D eigenvalue weighted by molar-refractivity contribution is 7.96. The lowest BCUT2D eigenvalue weighted by Crippen LogP contribution is -2.47. The Morgan fingerprint density at radius 1 is 0.985 bits per heavy atom. The van der Waals surface area contributed by atoms with Crippen molar-refractivity contribution in [2.24, 2.45) is 21.7 Å². The maximum Gasteiger partial charge on any atom is 0.418 e. The molecule has 0 spiro atoms. The first-order chi connectivity index (χ1) is 31.2. The van der Waals surface area contributed by atoms with Crippen LogP contribution in [0.5, 0.6) is 0 Å². The highest BCUT2D eigenvalue weighted by atomic mass is 32.2. The number of benzene rings is 1. The van der Waals surface area contributed by atoms with Crippen LogP contribution in [0.1, 0.15) is 69.9 Å². The normalized spacial score (nSPS) is 13.4. The number of nitrogens with two attached hydrogens (primary N) is 2. The number of carboxylic acid groups (broad SMARTS) is 1. The second-order valence-corrected chi connectivity index (χ2v) is 14.5. The van der Waals surface area contributed by atoms with Gasteiger partial charge in [-0.05, 0) is 36.1 Å². The number of carbonyl (C=O) groups is 8. The minimum absolute atomic E-state index is 0.0259. The van der Waals surface area contributed by atoms with E-state index in [-0.39, 0.29) is 108 Å². The first-order valence-corrected chi connectivity index (χ1v) is 21.4. The van der Waals surface area contributed by atoms with Crippen molar-refractivity contribution in [2.75, 3.05) is 71.6 Å². The first-order valence-electron chi connectivity index (χ1n) is 20.6. The number of amides is 8. The molecular weight excluding hydrogens is 879 g/mol. The van der Waals surface area contributed by atoms with Gasteiger partial charge in [0.1, 0.15) is 18.4 Å². The van der Waals surface area contributed by atoms with Crippen LogP contribution in [-0.4, -0.2) is 153 Å². The van der Waals surface area contributed by atoms with Gasteiger partial charge in [-0.3, -0.25) is 43.4 Å². The van der Waals surface area contributed by atoms with E-state index in [1.54, 1.807) is 6.07 Å². The number of ether oxygens (including phenoxy) is 4. The molecule has 1 fully saturated rings. The molecule has 0 radical (unpaired) electrons. The molecule has 2 rings (SSSR count). The quantitative estimate of drug-likeness (QED) is 0.0111. The number of hydrogen-bond donors (Lipinski definition) is 10. The number of hydrogen-bond acceptors (Lipinski definition) is 18. The first kappa shape index (κ1) is 57.1. The summed E-state index contributed by atoms with van der Waals surface area (Å²) >= 11 is 0.862. The fraction of sp³-hybridized carbons (Fsp3) is 0.590. The number of aliphatic imine (C=N–C) groups is 1. The Bertz CT molecular complexity index is 1740.